The van der Waals surface area contributed by atoms with Gasteiger partial charge in [0.1, 0.15) is 12.4 Å². The maximum Gasteiger partial charge on any atom is 0.325 e. The molecule has 0 spiro atoms. The molecule has 1 heterocycles. The average molecular weight is 342 g/mol. The SMILES string of the molecule is COC(=O)Cn1c(=NC(=O)C(C)(C)C)sc2cc(F)cc(F)c21. The number of carbonyl (C=O) groups is 2. The van der Waals surface area contributed by atoms with Crippen LogP contribution in [0.25, 0.3) is 10.2 Å². The molecular formula is C15H16F2N2O3S. The molecule has 0 aliphatic carbocycles. The van der Waals surface area contributed by atoms with Gasteiger partial charge in [-0.3, -0.25) is 9.59 Å². The second-order valence-corrected chi connectivity index (χ2v) is 6.96. The molecule has 0 saturated heterocycles. The van der Waals surface area contributed by atoms with E-state index in [1.807, 2.05) is 0 Å². The second kappa shape index (κ2) is 6.19. The number of thiazole rings is 1. The van der Waals surface area contributed by atoms with Crippen LogP contribution in [0.3, 0.4) is 0 Å². The Morgan fingerprint density at radius 2 is 1.96 bits per heavy atom. The molecule has 8 heteroatoms. The summed E-state index contributed by atoms with van der Waals surface area (Å²) in [6, 6.07) is 1.86. The number of hydrogen-bond acceptors (Lipinski definition) is 4. The molecule has 0 aliphatic rings. The lowest BCUT2D eigenvalue weighted by Gasteiger charge is -2.11. The highest BCUT2D eigenvalue weighted by Gasteiger charge is 2.22. The van der Waals surface area contributed by atoms with Gasteiger partial charge in [0.25, 0.3) is 5.91 Å². The molecule has 124 valence electrons. The second-order valence-electron chi connectivity index (χ2n) is 5.95. The van der Waals surface area contributed by atoms with Crippen LogP contribution in [-0.2, 0) is 20.9 Å². The Kier molecular flexibility index (Phi) is 4.65. The number of carbonyl (C=O) groups excluding carboxylic acids is 2. The Labute approximate surface area is 135 Å². The van der Waals surface area contributed by atoms with Crippen molar-refractivity contribution in [3.8, 4) is 0 Å². The third-order valence-corrected chi connectivity index (χ3v) is 4.07. The number of aromatic nitrogens is 1. The topological polar surface area (TPSA) is 60.7 Å². The van der Waals surface area contributed by atoms with Gasteiger partial charge in [0.05, 0.1) is 17.3 Å². The zero-order valence-electron chi connectivity index (χ0n) is 13.1. The molecule has 2 rings (SSSR count). The fourth-order valence-electron chi connectivity index (χ4n) is 1.81. The number of hydrogen-bond donors (Lipinski definition) is 0. The monoisotopic (exact) mass is 342 g/mol. The molecule has 0 bridgehead atoms. The molecule has 23 heavy (non-hydrogen) atoms. The van der Waals surface area contributed by atoms with E-state index < -0.39 is 28.9 Å². The third kappa shape index (κ3) is 3.64. The highest BCUT2D eigenvalue weighted by Crippen LogP contribution is 2.23. The van der Waals surface area contributed by atoms with Gasteiger partial charge in [0, 0.05) is 11.5 Å². The minimum absolute atomic E-state index is 0.0160. The van der Waals surface area contributed by atoms with Crippen molar-refractivity contribution in [1.82, 2.24) is 4.57 Å². The van der Waals surface area contributed by atoms with Crippen LogP contribution in [0.5, 0.6) is 0 Å². The minimum Gasteiger partial charge on any atom is -0.468 e. The Morgan fingerprint density at radius 3 is 2.52 bits per heavy atom. The molecule has 1 aromatic heterocycles. The summed E-state index contributed by atoms with van der Waals surface area (Å²) in [6.07, 6.45) is 0. The standard InChI is InChI=1S/C15H16F2N2O3S/c1-15(2,3)13(21)18-14-19(7-11(20)22-4)12-9(17)5-8(16)6-10(12)23-14/h5-6H,7H2,1-4H3. The molecule has 1 amide bonds. The van der Waals surface area contributed by atoms with Crippen LogP contribution in [0.15, 0.2) is 17.1 Å². The number of rotatable bonds is 2. The fourth-order valence-corrected chi connectivity index (χ4v) is 2.88. The number of ether oxygens (including phenoxy) is 1. The predicted molar refractivity (Wildman–Crippen MR) is 81.8 cm³/mol. The van der Waals surface area contributed by atoms with Crippen molar-refractivity contribution >= 4 is 33.4 Å². The molecule has 0 saturated carbocycles. The summed E-state index contributed by atoms with van der Waals surface area (Å²) >= 11 is 0.937. The minimum atomic E-state index is -0.829. The van der Waals surface area contributed by atoms with Crippen LogP contribution in [0, 0.1) is 17.0 Å². The lowest BCUT2D eigenvalue weighted by Crippen LogP contribution is -2.26. The van der Waals surface area contributed by atoms with E-state index in [1.165, 1.54) is 11.7 Å². The van der Waals surface area contributed by atoms with Gasteiger partial charge in [-0.1, -0.05) is 32.1 Å². The molecule has 5 nitrogen and oxygen atoms in total. The van der Waals surface area contributed by atoms with Crippen LogP contribution in [0.4, 0.5) is 8.78 Å². The maximum atomic E-state index is 14.1. The summed E-state index contributed by atoms with van der Waals surface area (Å²) in [4.78, 5) is 27.8. The molecule has 1 aromatic carbocycles. The zero-order valence-corrected chi connectivity index (χ0v) is 14.0. The highest BCUT2D eigenvalue weighted by atomic mass is 32.1. The van der Waals surface area contributed by atoms with E-state index in [4.69, 9.17) is 0 Å². The number of benzene rings is 1. The Morgan fingerprint density at radius 1 is 1.30 bits per heavy atom. The largest absolute Gasteiger partial charge is 0.468 e. The Balaban J connectivity index is 2.75. The van der Waals surface area contributed by atoms with Crippen molar-refractivity contribution in [3.05, 3.63) is 28.6 Å². The molecule has 2 aromatic rings. The van der Waals surface area contributed by atoms with Crippen molar-refractivity contribution in [1.29, 1.82) is 0 Å². The smallest absolute Gasteiger partial charge is 0.325 e. The molecule has 0 fully saturated rings. The van der Waals surface area contributed by atoms with Gasteiger partial charge >= 0.3 is 5.97 Å². The molecule has 0 N–H and O–H groups in total. The van der Waals surface area contributed by atoms with Gasteiger partial charge in [0.2, 0.25) is 0 Å². The summed E-state index contributed by atoms with van der Waals surface area (Å²) in [7, 11) is 1.20. The zero-order chi connectivity index (χ0) is 17.4. The van der Waals surface area contributed by atoms with Crippen molar-refractivity contribution < 1.29 is 23.1 Å². The van der Waals surface area contributed by atoms with E-state index in [-0.39, 0.29) is 21.6 Å². The van der Waals surface area contributed by atoms with Crippen LogP contribution in [0.1, 0.15) is 20.8 Å². The number of methoxy groups -OCH3 is 1. The van der Waals surface area contributed by atoms with Gasteiger partial charge in [-0.05, 0) is 6.07 Å². The summed E-state index contributed by atoms with van der Waals surface area (Å²) in [5.74, 6) is -2.62. The first-order valence-electron chi connectivity index (χ1n) is 6.78. The molecule has 0 atom stereocenters. The fraction of sp³-hybridized carbons (Fsp3) is 0.400. The van der Waals surface area contributed by atoms with E-state index in [2.05, 4.69) is 9.73 Å². The number of halogens is 2. The van der Waals surface area contributed by atoms with Crippen LogP contribution < -0.4 is 4.80 Å². The lowest BCUT2D eigenvalue weighted by molar-refractivity contribution is -0.141. The molecule has 0 aliphatic heterocycles. The quantitative estimate of drug-likeness (QED) is 0.788. The van der Waals surface area contributed by atoms with E-state index >= 15 is 0 Å². The van der Waals surface area contributed by atoms with Gasteiger partial charge in [-0.15, -0.1) is 0 Å². The normalized spacial score (nSPS) is 12.7. The van der Waals surface area contributed by atoms with E-state index in [0.29, 0.717) is 0 Å². The first-order valence-corrected chi connectivity index (χ1v) is 7.59. The number of esters is 1. The highest BCUT2D eigenvalue weighted by molar-refractivity contribution is 7.16. The van der Waals surface area contributed by atoms with Crippen LogP contribution in [-0.4, -0.2) is 23.6 Å². The van der Waals surface area contributed by atoms with Crippen molar-refractivity contribution in [2.45, 2.75) is 27.3 Å². The summed E-state index contributed by atoms with van der Waals surface area (Å²) in [5, 5.41) is 0. The summed E-state index contributed by atoms with van der Waals surface area (Å²) < 4.78 is 33.6. The third-order valence-electron chi connectivity index (χ3n) is 3.05. The van der Waals surface area contributed by atoms with E-state index in [0.717, 1.165) is 23.5 Å². The Hall–Kier alpha value is -2.09. The van der Waals surface area contributed by atoms with Crippen LogP contribution >= 0.6 is 11.3 Å². The summed E-state index contributed by atoms with van der Waals surface area (Å²) in [5.41, 5.74) is -0.717. The molecule has 0 radical (unpaired) electrons. The molecular weight excluding hydrogens is 326 g/mol. The first-order chi connectivity index (χ1) is 10.6. The van der Waals surface area contributed by atoms with E-state index in [9.17, 15) is 18.4 Å². The Bertz CT molecular complexity index is 847. The molecule has 0 unspecified atom stereocenters. The average Bonchev–Trinajstić information content (AvgIpc) is 2.75. The van der Waals surface area contributed by atoms with Gasteiger partial charge in [0.15, 0.2) is 10.6 Å². The lowest BCUT2D eigenvalue weighted by atomic mass is 9.96. The van der Waals surface area contributed by atoms with Crippen molar-refractivity contribution in [2.24, 2.45) is 10.4 Å². The van der Waals surface area contributed by atoms with Crippen molar-refractivity contribution in [3.63, 3.8) is 0 Å². The first kappa shape index (κ1) is 17.3. The van der Waals surface area contributed by atoms with E-state index in [1.54, 1.807) is 20.8 Å². The van der Waals surface area contributed by atoms with Gasteiger partial charge < -0.3 is 9.30 Å². The number of amides is 1. The predicted octanol–water partition coefficient (Wildman–Crippen LogP) is 2.63. The maximum absolute atomic E-state index is 14.1. The number of nitrogens with zero attached hydrogens (tertiary/aromatic N) is 2. The van der Waals surface area contributed by atoms with Gasteiger partial charge in [-0.25, -0.2) is 8.78 Å². The van der Waals surface area contributed by atoms with Crippen LogP contribution in [0.2, 0.25) is 0 Å². The van der Waals surface area contributed by atoms with Crippen molar-refractivity contribution in [2.75, 3.05) is 7.11 Å². The summed E-state index contributed by atoms with van der Waals surface area (Å²) in [6.45, 7) is 4.75. The van der Waals surface area contributed by atoms with Gasteiger partial charge in [-0.2, -0.15) is 4.99 Å². The number of fused-ring (bicyclic) bond motifs is 1.